The van der Waals surface area contributed by atoms with Gasteiger partial charge < -0.3 is 15.5 Å². The first-order valence-electron chi connectivity index (χ1n) is 3.47. The zero-order chi connectivity index (χ0) is 8.27. The lowest BCUT2D eigenvalue weighted by molar-refractivity contribution is -0.123. The maximum Gasteiger partial charge on any atom is 0.317 e. The van der Waals surface area contributed by atoms with E-state index in [0.29, 0.717) is 13.1 Å². The van der Waals surface area contributed by atoms with E-state index in [0.717, 1.165) is 0 Å². The predicted molar refractivity (Wildman–Crippen MR) is 39.0 cm³/mol. The normalized spacial score (nSPS) is 17.5. The van der Waals surface area contributed by atoms with Gasteiger partial charge in [-0.25, -0.2) is 4.79 Å². The third-order valence-corrected chi connectivity index (χ3v) is 1.54. The van der Waals surface area contributed by atoms with Crippen molar-refractivity contribution in [3.8, 4) is 0 Å². The second-order valence-electron chi connectivity index (χ2n) is 2.33. The lowest BCUT2D eigenvalue weighted by atomic mass is 10.4. The second kappa shape index (κ2) is 3.23. The van der Waals surface area contributed by atoms with Crippen LogP contribution < -0.4 is 10.6 Å². The standard InChI is InChI=1S/C6H11N3O2/c1-7-6(11)9-3-2-8-5(10)4-9/h2-4H2,1H3,(H,7,11)(H,8,10). The Hall–Kier alpha value is -1.26. The lowest BCUT2D eigenvalue weighted by Gasteiger charge is -2.25. The molecular formula is C6H11N3O2. The lowest BCUT2D eigenvalue weighted by Crippen LogP contribution is -2.52. The molecule has 0 bridgehead atoms. The largest absolute Gasteiger partial charge is 0.353 e. The van der Waals surface area contributed by atoms with E-state index in [-0.39, 0.29) is 18.5 Å². The molecule has 0 saturated carbocycles. The zero-order valence-electron chi connectivity index (χ0n) is 6.39. The Bertz CT molecular complexity index is 181. The summed E-state index contributed by atoms with van der Waals surface area (Å²) in [6.07, 6.45) is 0. The summed E-state index contributed by atoms with van der Waals surface area (Å²) in [6, 6.07) is -0.195. The number of rotatable bonds is 0. The molecule has 0 spiro atoms. The molecular weight excluding hydrogens is 146 g/mol. The van der Waals surface area contributed by atoms with Gasteiger partial charge in [0, 0.05) is 20.1 Å². The molecule has 0 aromatic rings. The van der Waals surface area contributed by atoms with Crippen LogP contribution in [0.5, 0.6) is 0 Å². The minimum absolute atomic E-state index is 0.0974. The molecule has 0 aliphatic carbocycles. The number of urea groups is 1. The molecule has 2 N–H and O–H groups in total. The molecule has 5 heteroatoms. The van der Waals surface area contributed by atoms with Crippen molar-refractivity contribution in [1.82, 2.24) is 15.5 Å². The summed E-state index contributed by atoms with van der Waals surface area (Å²) >= 11 is 0. The second-order valence-corrected chi connectivity index (χ2v) is 2.33. The van der Waals surface area contributed by atoms with E-state index in [1.807, 2.05) is 0 Å². The summed E-state index contributed by atoms with van der Waals surface area (Å²) in [5.41, 5.74) is 0. The van der Waals surface area contributed by atoms with E-state index in [4.69, 9.17) is 0 Å². The van der Waals surface area contributed by atoms with Gasteiger partial charge in [0.15, 0.2) is 0 Å². The van der Waals surface area contributed by atoms with E-state index < -0.39 is 0 Å². The van der Waals surface area contributed by atoms with E-state index in [9.17, 15) is 9.59 Å². The Morgan fingerprint density at radius 3 is 3.00 bits per heavy atom. The van der Waals surface area contributed by atoms with Crippen LogP contribution in [0.15, 0.2) is 0 Å². The van der Waals surface area contributed by atoms with Crippen molar-refractivity contribution in [2.24, 2.45) is 0 Å². The van der Waals surface area contributed by atoms with E-state index >= 15 is 0 Å². The Morgan fingerprint density at radius 2 is 2.45 bits per heavy atom. The summed E-state index contributed by atoms with van der Waals surface area (Å²) in [7, 11) is 1.55. The summed E-state index contributed by atoms with van der Waals surface area (Å²) in [5.74, 6) is -0.0974. The first kappa shape index (κ1) is 7.84. The molecule has 1 rings (SSSR count). The topological polar surface area (TPSA) is 61.4 Å². The number of hydrogen-bond donors (Lipinski definition) is 2. The summed E-state index contributed by atoms with van der Waals surface area (Å²) in [4.78, 5) is 23.2. The summed E-state index contributed by atoms with van der Waals surface area (Å²) < 4.78 is 0. The van der Waals surface area contributed by atoms with Crippen molar-refractivity contribution in [3.05, 3.63) is 0 Å². The van der Waals surface area contributed by atoms with Crippen molar-refractivity contribution in [1.29, 1.82) is 0 Å². The molecule has 5 nitrogen and oxygen atoms in total. The van der Waals surface area contributed by atoms with Gasteiger partial charge in [-0.1, -0.05) is 0 Å². The fraction of sp³-hybridized carbons (Fsp3) is 0.667. The number of carbonyl (C=O) groups is 2. The number of amides is 3. The quantitative estimate of drug-likeness (QED) is 0.462. The third-order valence-electron chi connectivity index (χ3n) is 1.54. The molecule has 0 aromatic carbocycles. The number of nitrogens with one attached hydrogen (secondary N) is 2. The zero-order valence-corrected chi connectivity index (χ0v) is 6.39. The Kier molecular flexibility index (Phi) is 2.30. The van der Waals surface area contributed by atoms with Gasteiger partial charge in [0.25, 0.3) is 0 Å². The van der Waals surface area contributed by atoms with Gasteiger partial charge in [0.2, 0.25) is 5.91 Å². The third kappa shape index (κ3) is 1.83. The number of carbonyl (C=O) groups excluding carboxylic acids is 2. The molecule has 0 aromatic heterocycles. The van der Waals surface area contributed by atoms with Crippen LogP contribution in [0.4, 0.5) is 4.79 Å². The Morgan fingerprint density at radius 1 is 1.73 bits per heavy atom. The van der Waals surface area contributed by atoms with Crippen LogP contribution in [0.3, 0.4) is 0 Å². The van der Waals surface area contributed by atoms with E-state index in [1.165, 1.54) is 4.90 Å². The van der Waals surface area contributed by atoms with Crippen LogP contribution in [0.1, 0.15) is 0 Å². The Labute approximate surface area is 64.7 Å². The van der Waals surface area contributed by atoms with Gasteiger partial charge in [-0.15, -0.1) is 0 Å². The van der Waals surface area contributed by atoms with Gasteiger partial charge in [0.05, 0.1) is 0 Å². The Balaban J connectivity index is 2.45. The fourth-order valence-electron chi connectivity index (χ4n) is 0.970. The average Bonchev–Trinajstić information content (AvgIpc) is 2.03. The highest BCUT2D eigenvalue weighted by molar-refractivity contribution is 5.84. The smallest absolute Gasteiger partial charge is 0.317 e. The molecule has 1 aliphatic rings. The van der Waals surface area contributed by atoms with Crippen molar-refractivity contribution in [3.63, 3.8) is 0 Å². The van der Waals surface area contributed by atoms with Crippen LogP contribution >= 0.6 is 0 Å². The summed E-state index contributed by atoms with van der Waals surface area (Å²) in [5, 5.41) is 5.09. The van der Waals surface area contributed by atoms with E-state index in [1.54, 1.807) is 7.05 Å². The predicted octanol–water partition coefficient (Wildman–Crippen LogP) is -1.24. The molecule has 62 valence electrons. The van der Waals surface area contributed by atoms with Gasteiger partial charge >= 0.3 is 6.03 Å². The van der Waals surface area contributed by atoms with Crippen LogP contribution in [0.2, 0.25) is 0 Å². The van der Waals surface area contributed by atoms with Crippen molar-refractivity contribution in [2.75, 3.05) is 26.7 Å². The molecule has 1 aliphatic heterocycles. The molecule has 0 atom stereocenters. The molecule has 0 unspecified atom stereocenters. The van der Waals surface area contributed by atoms with Gasteiger partial charge in [-0.05, 0) is 0 Å². The van der Waals surface area contributed by atoms with Crippen LogP contribution in [0.25, 0.3) is 0 Å². The van der Waals surface area contributed by atoms with Crippen LogP contribution in [0, 0.1) is 0 Å². The van der Waals surface area contributed by atoms with Crippen molar-refractivity contribution >= 4 is 11.9 Å². The van der Waals surface area contributed by atoms with Gasteiger partial charge in [-0.2, -0.15) is 0 Å². The average molecular weight is 157 g/mol. The maximum atomic E-state index is 10.9. The van der Waals surface area contributed by atoms with Gasteiger partial charge in [-0.3, -0.25) is 4.79 Å². The molecule has 1 heterocycles. The molecule has 3 amide bonds. The van der Waals surface area contributed by atoms with Crippen LogP contribution in [-0.2, 0) is 4.79 Å². The minimum atomic E-state index is -0.195. The highest BCUT2D eigenvalue weighted by atomic mass is 16.2. The molecule has 1 saturated heterocycles. The molecule has 1 fully saturated rings. The highest BCUT2D eigenvalue weighted by Gasteiger charge is 2.19. The van der Waals surface area contributed by atoms with E-state index in [2.05, 4.69) is 10.6 Å². The SMILES string of the molecule is CNC(=O)N1CCNC(=O)C1. The van der Waals surface area contributed by atoms with Crippen LogP contribution in [-0.4, -0.2) is 43.5 Å². The minimum Gasteiger partial charge on any atom is -0.353 e. The number of piperazine rings is 1. The molecule has 0 radical (unpaired) electrons. The van der Waals surface area contributed by atoms with Crippen molar-refractivity contribution < 1.29 is 9.59 Å². The first-order valence-corrected chi connectivity index (χ1v) is 3.47. The van der Waals surface area contributed by atoms with Gasteiger partial charge in [0.1, 0.15) is 6.54 Å². The highest BCUT2D eigenvalue weighted by Crippen LogP contribution is 1.92. The fourth-order valence-corrected chi connectivity index (χ4v) is 0.970. The monoisotopic (exact) mass is 157 g/mol. The first-order chi connectivity index (χ1) is 5.24. The maximum absolute atomic E-state index is 10.9. The number of hydrogen-bond acceptors (Lipinski definition) is 2. The molecule has 11 heavy (non-hydrogen) atoms. The van der Waals surface area contributed by atoms with Crippen molar-refractivity contribution in [2.45, 2.75) is 0 Å². The number of nitrogens with zero attached hydrogens (tertiary/aromatic N) is 1. The summed E-state index contributed by atoms with van der Waals surface area (Å²) in [6.45, 7) is 1.30.